The van der Waals surface area contributed by atoms with E-state index in [4.69, 9.17) is 39.9 Å². The van der Waals surface area contributed by atoms with E-state index in [1.165, 1.54) is 42.5 Å². The third-order valence-electron chi connectivity index (χ3n) is 2.88. The van der Waals surface area contributed by atoms with Gasteiger partial charge in [-0.15, -0.1) is 0 Å². The highest BCUT2D eigenvalue weighted by molar-refractivity contribution is 7.92. The highest BCUT2D eigenvalue weighted by Gasteiger charge is 2.29. The van der Waals surface area contributed by atoms with Gasteiger partial charge in [-0.1, -0.05) is 40.9 Å². The topological polar surface area (TPSA) is 74.7 Å². The summed E-state index contributed by atoms with van der Waals surface area (Å²) in [6.07, 6.45) is 0. The second-order valence-electron chi connectivity index (χ2n) is 4.43. The lowest BCUT2D eigenvalue weighted by molar-refractivity contribution is -0.135. The predicted molar refractivity (Wildman–Crippen MR) is 90.1 cm³/mol. The Balaban J connectivity index is 2.60. The standard InChI is InChI=1S/C14H10Cl3NO4S/c15-9-4-6-10(7-5-9)23(21,22)18(8-13(19)20)12-3-1-2-11(16)14(12)17/h1-7H,8H2,(H,19,20). The van der Waals surface area contributed by atoms with Crippen LogP contribution in [-0.4, -0.2) is 26.0 Å². The normalized spacial score (nSPS) is 11.3. The van der Waals surface area contributed by atoms with Crippen molar-refractivity contribution in [3.63, 3.8) is 0 Å². The van der Waals surface area contributed by atoms with Crippen LogP contribution in [0.1, 0.15) is 0 Å². The molecule has 5 nitrogen and oxygen atoms in total. The Labute approximate surface area is 148 Å². The first-order valence-electron chi connectivity index (χ1n) is 6.17. The second-order valence-corrected chi connectivity index (χ2v) is 7.52. The molecule has 0 spiro atoms. The van der Waals surface area contributed by atoms with Crippen LogP contribution in [0.2, 0.25) is 15.1 Å². The van der Waals surface area contributed by atoms with Crippen molar-refractivity contribution in [2.24, 2.45) is 0 Å². The van der Waals surface area contributed by atoms with Gasteiger partial charge >= 0.3 is 5.97 Å². The number of nitrogens with zero attached hydrogens (tertiary/aromatic N) is 1. The second kappa shape index (κ2) is 6.97. The molecule has 0 heterocycles. The third kappa shape index (κ3) is 3.90. The first-order valence-corrected chi connectivity index (χ1v) is 8.75. The molecule has 0 fully saturated rings. The van der Waals surface area contributed by atoms with Gasteiger partial charge in [0.05, 0.1) is 20.6 Å². The summed E-state index contributed by atoms with van der Waals surface area (Å²) in [6.45, 7) is -0.801. The fourth-order valence-corrected chi connectivity index (χ4v) is 3.84. The molecule has 0 bridgehead atoms. The molecule has 1 N–H and O–H groups in total. The van der Waals surface area contributed by atoms with E-state index in [2.05, 4.69) is 0 Å². The van der Waals surface area contributed by atoms with Crippen molar-refractivity contribution in [1.82, 2.24) is 0 Å². The number of carboxylic acid groups (broad SMARTS) is 1. The summed E-state index contributed by atoms with van der Waals surface area (Å²) >= 11 is 17.7. The lowest BCUT2D eigenvalue weighted by Crippen LogP contribution is -2.36. The number of benzene rings is 2. The zero-order valence-corrected chi connectivity index (χ0v) is 14.5. The number of carboxylic acids is 1. The maximum absolute atomic E-state index is 12.8. The van der Waals surface area contributed by atoms with Gasteiger partial charge in [0.15, 0.2) is 0 Å². The molecular weight excluding hydrogens is 385 g/mol. The van der Waals surface area contributed by atoms with E-state index in [0.717, 1.165) is 0 Å². The minimum absolute atomic E-state index is 0.0171. The van der Waals surface area contributed by atoms with Crippen LogP contribution in [0.25, 0.3) is 0 Å². The van der Waals surface area contributed by atoms with Crippen LogP contribution >= 0.6 is 34.8 Å². The van der Waals surface area contributed by atoms with Crippen molar-refractivity contribution < 1.29 is 18.3 Å². The monoisotopic (exact) mass is 393 g/mol. The highest BCUT2D eigenvalue weighted by Crippen LogP contribution is 2.35. The number of rotatable bonds is 5. The van der Waals surface area contributed by atoms with Gasteiger partial charge in [0.25, 0.3) is 10.0 Å². The smallest absolute Gasteiger partial charge is 0.324 e. The van der Waals surface area contributed by atoms with E-state index in [-0.39, 0.29) is 20.6 Å². The molecule has 23 heavy (non-hydrogen) atoms. The maximum Gasteiger partial charge on any atom is 0.324 e. The van der Waals surface area contributed by atoms with E-state index in [1.54, 1.807) is 0 Å². The van der Waals surface area contributed by atoms with Crippen LogP contribution in [0.5, 0.6) is 0 Å². The summed E-state index contributed by atoms with van der Waals surface area (Å²) < 4.78 is 26.2. The Morgan fingerprint density at radius 2 is 1.65 bits per heavy atom. The molecule has 0 aliphatic rings. The predicted octanol–water partition coefficient (Wildman–Crippen LogP) is 3.93. The molecule has 2 aromatic carbocycles. The van der Waals surface area contributed by atoms with E-state index < -0.39 is 22.5 Å². The zero-order chi connectivity index (χ0) is 17.2. The molecule has 2 rings (SSSR count). The van der Waals surface area contributed by atoms with Crippen molar-refractivity contribution in [2.45, 2.75) is 4.90 Å². The van der Waals surface area contributed by atoms with Crippen LogP contribution in [0.3, 0.4) is 0 Å². The number of halogens is 3. The summed E-state index contributed by atoms with van der Waals surface area (Å²) in [5.74, 6) is -1.33. The fourth-order valence-electron chi connectivity index (χ4n) is 1.84. The lowest BCUT2D eigenvalue weighted by Gasteiger charge is -2.24. The largest absolute Gasteiger partial charge is 0.480 e. The molecule has 0 unspecified atom stereocenters. The quantitative estimate of drug-likeness (QED) is 0.834. The van der Waals surface area contributed by atoms with E-state index in [0.29, 0.717) is 9.33 Å². The van der Waals surface area contributed by atoms with Gasteiger partial charge in [0, 0.05) is 5.02 Å². The van der Waals surface area contributed by atoms with Crippen LogP contribution in [0, 0.1) is 0 Å². The molecule has 0 amide bonds. The van der Waals surface area contributed by atoms with Gasteiger partial charge in [0.1, 0.15) is 6.54 Å². The van der Waals surface area contributed by atoms with Crippen LogP contribution in [-0.2, 0) is 14.8 Å². The molecule has 9 heteroatoms. The molecule has 0 aromatic heterocycles. The Hall–Kier alpha value is -1.47. The first kappa shape index (κ1) is 17.9. The van der Waals surface area contributed by atoms with Crippen molar-refractivity contribution in [3.8, 4) is 0 Å². The Kier molecular flexibility index (Phi) is 5.41. The average molecular weight is 395 g/mol. The van der Waals surface area contributed by atoms with Crippen molar-refractivity contribution in [2.75, 3.05) is 10.8 Å². The lowest BCUT2D eigenvalue weighted by atomic mass is 10.3. The van der Waals surface area contributed by atoms with Crippen molar-refractivity contribution in [1.29, 1.82) is 0 Å². The number of sulfonamides is 1. The molecule has 0 saturated heterocycles. The van der Waals surface area contributed by atoms with Gasteiger partial charge in [-0.05, 0) is 36.4 Å². The summed E-state index contributed by atoms with van der Waals surface area (Å²) in [7, 11) is -4.15. The van der Waals surface area contributed by atoms with Gasteiger partial charge in [0.2, 0.25) is 0 Å². The van der Waals surface area contributed by atoms with Crippen molar-refractivity contribution >= 4 is 56.5 Å². The van der Waals surface area contributed by atoms with Gasteiger partial charge < -0.3 is 5.11 Å². The summed E-state index contributed by atoms with van der Waals surface area (Å²) in [5.41, 5.74) is -0.0171. The maximum atomic E-state index is 12.8. The van der Waals surface area contributed by atoms with Crippen molar-refractivity contribution in [3.05, 3.63) is 57.5 Å². The minimum Gasteiger partial charge on any atom is -0.480 e. The fraction of sp³-hybridized carbons (Fsp3) is 0.0714. The Morgan fingerprint density at radius 1 is 1.04 bits per heavy atom. The molecule has 122 valence electrons. The highest BCUT2D eigenvalue weighted by atomic mass is 35.5. The van der Waals surface area contributed by atoms with E-state index in [1.807, 2.05) is 0 Å². The molecule has 2 aromatic rings. The number of carbonyl (C=O) groups is 1. The molecular formula is C14H10Cl3NO4S. The average Bonchev–Trinajstić information content (AvgIpc) is 2.48. The molecule has 0 aliphatic carbocycles. The third-order valence-corrected chi connectivity index (χ3v) is 5.72. The van der Waals surface area contributed by atoms with E-state index >= 15 is 0 Å². The molecule has 0 aliphatic heterocycles. The molecule has 0 radical (unpaired) electrons. The van der Waals surface area contributed by atoms with Crippen LogP contribution in [0.4, 0.5) is 5.69 Å². The summed E-state index contributed by atoms with van der Waals surface area (Å²) in [6, 6.07) is 9.69. The summed E-state index contributed by atoms with van der Waals surface area (Å²) in [4.78, 5) is 11.0. The number of hydrogen-bond donors (Lipinski definition) is 1. The number of anilines is 1. The molecule has 0 atom stereocenters. The number of hydrogen-bond acceptors (Lipinski definition) is 3. The van der Waals surface area contributed by atoms with Crippen LogP contribution < -0.4 is 4.31 Å². The molecule has 0 saturated carbocycles. The van der Waals surface area contributed by atoms with Gasteiger partial charge in [-0.25, -0.2) is 8.42 Å². The Bertz CT molecular complexity index is 838. The Morgan fingerprint density at radius 3 is 2.22 bits per heavy atom. The minimum atomic E-state index is -4.15. The number of aliphatic carboxylic acids is 1. The van der Waals surface area contributed by atoms with Crippen LogP contribution in [0.15, 0.2) is 47.4 Å². The van der Waals surface area contributed by atoms with E-state index in [9.17, 15) is 13.2 Å². The van der Waals surface area contributed by atoms with Gasteiger partial charge in [-0.2, -0.15) is 0 Å². The van der Waals surface area contributed by atoms with Gasteiger partial charge in [-0.3, -0.25) is 9.10 Å². The summed E-state index contributed by atoms with van der Waals surface area (Å²) in [5, 5.41) is 9.48. The zero-order valence-electron chi connectivity index (χ0n) is 11.4. The first-order chi connectivity index (χ1) is 10.7. The SMILES string of the molecule is O=C(O)CN(c1cccc(Cl)c1Cl)S(=O)(=O)c1ccc(Cl)cc1.